The average molecular weight is 306 g/mol. The third-order valence-corrected chi connectivity index (χ3v) is 5.06. The van der Waals surface area contributed by atoms with Gasteiger partial charge in [-0.1, -0.05) is 17.7 Å². The number of rotatable bonds is 4. The smallest absolute Gasteiger partial charge is 0.325 e. The van der Waals surface area contributed by atoms with Gasteiger partial charge in [-0.25, -0.2) is 4.79 Å². The van der Waals surface area contributed by atoms with Crippen LogP contribution in [0.2, 0.25) is 0 Å². The first-order valence-corrected chi connectivity index (χ1v) is 8.18. The van der Waals surface area contributed by atoms with Gasteiger partial charge in [-0.3, -0.25) is 9.69 Å². The van der Waals surface area contributed by atoms with E-state index in [1.807, 2.05) is 31.2 Å². The molecule has 3 rings (SSSR count). The standard InChI is InChI=1S/C15H18N2O3S/c1-11-2-4-12(5-3-11)20-8-7-17-13(18)15(16-14(17)19)6-9-21-10-15/h2-5H,6-10H2,1H3,(H,16,19). The van der Waals surface area contributed by atoms with Crippen LogP contribution in [-0.4, -0.2) is 47.0 Å². The van der Waals surface area contributed by atoms with Gasteiger partial charge in [-0.05, 0) is 31.2 Å². The highest BCUT2D eigenvalue weighted by atomic mass is 32.2. The van der Waals surface area contributed by atoms with Crippen LogP contribution in [0.25, 0.3) is 0 Å². The largest absolute Gasteiger partial charge is 0.492 e. The van der Waals surface area contributed by atoms with Crippen molar-refractivity contribution in [2.24, 2.45) is 0 Å². The van der Waals surface area contributed by atoms with Crippen LogP contribution in [0.3, 0.4) is 0 Å². The first kappa shape index (κ1) is 14.3. The number of aryl methyl sites for hydroxylation is 1. The molecule has 1 spiro atoms. The SMILES string of the molecule is Cc1ccc(OCCN2C(=O)NC3(CCSC3)C2=O)cc1. The number of benzene rings is 1. The van der Waals surface area contributed by atoms with Crippen molar-refractivity contribution in [3.8, 4) is 5.75 Å². The number of ether oxygens (including phenoxy) is 1. The second-order valence-corrected chi connectivity index (χ2v) is 6.54. The maximum absolute atomic E-state index is 12.4. The monoisotopic (exact) mass is 306 g/mol. The lowest BCUT2D eigenvalue weighted by Gasteiger charge is -2.19. The Morgan fingerprint density at radius 3 is 2.76 bits per heavy atom. The molecule has 5 nitrogen and oxygen atoms in total. The summed E-state index contributed by atoms with van der Waals surface area (Å²) in [5.74, 6) is 2.23. The third-order valence-electron chi connectivity index (χ3n) is 3.87. The molecule has 1 atom stereocenters. The molecular formula is C15H18N2O3S. The minimum Gasteiger partial charge on any atom is -0.492 e. The van der Waals surface area contributed by atoms with Gasteiger partial charge in [0.15, 0.2) is 0 Å². The molecule has 21 heavy (non-hydrogen) atoms. The summed E-state index contributed by atoms with van der Waals surface area (Å²) >= 11 is 1.71. The lowest BCUT2D eigenvalue weighted by Crippen LogP contribution is -2.47. The minimum absolute atomic E-state index is 0.106. The summed E-state index contributed by atoms with van der Waals surface area (Å²) in [5.41, 5.74) is 0.503. The van der Waals surface area contributed by atoms with Crippen molar-refractivity contribution in [3.63, 3.8) is 0 Å². The molecule has 2 aliphatic rings. The molecule has 1 unspecified atom stereocenters. The number of hydrogen-bond donors (Lipinski definition) is 1. The fourth-order valence-electron chi connectivity index (χ4n) is 2.60. The van der Waals surface area contributed by atoms with E-state index in [4.69, 9.17) is 4.74 Å². The van der Waals surface area contributed by atoms with Gasteiger partial charge in [0.2, 0.25) is 0 Å². The van der Waals surface area contributed by atoms with Crippen molar-refractivity contribution in [2.45, 2.75) is 18.9 Å². The topological polar surface area (TPSA) is 58.6 Å². The molecule has 3 amide bonds. The second-order valence-electron chi connectivity index (χ2n) is 5.43. The molecule has 112 valence electrons. The van der Waals surface area contributed by atoms with E-state index in [0.29, 0.717) is 12.4 Å². The van der Waals surface area contributed by atoms with Gasteiger partial charge in [0, 0.05) is 5.75 Å². The van der Waals surface area contributed by atoms with E-state index < -0.39 is 5.54 Å². The van der Waals surface area contributed by atoms with Crippen molar-refractivity contribution in [2.75, 3.05) is 24.7 Å². The van der Waals surface area contributed by atoms with Crippen LogP contribution in [-0.2, 0) is 4.79 Å². The van der Waals surface area contributed by atoms with Crippen LogP contribution in [0.15, 0.2) is 24.3 Å². The van der Waals surface area contributed by atoms with Crippen LogP contribution in [0, 0.1) is 6.92 Å². The number of amides is 3. The molecule has 0 aliphatic carbocycles. The maximum atomic E-state index is 12.4. The van der Waals surface area contributed by atoms with Gasteiger partial charge in [0.25, 0.3) is 5.91 Å². The Balaban J connectivity index is 1.56. The normalized spacial score (nSPS) is 24.7. The van der Waals surface area contributed by atoms with Crippen LogP contribution in [0.4, 0.5) is 4.79 Å². The summed E-state index contributed by atoms with van der Waals surface area (Å²) in [6.45, 7) is 2.60. The molecular weight excluding hydrogens is 288 g/mol. The number of thioether (sulfide) groups is 1. The van der Waals surface area contributed by atoms with Crippen molar-refractivity contribution in [3.05, 3.63) is 29.8 Å². The minimum atomic E-state index is -0.661. The average Bonchev–Trinajstić information content (AvgIpc) is 3.02. The fraction of sp³-hybridized carbons (Fsp3) is 0.467. The zero-order valence-electron chi connectivity index (χ0n) is 11.9. The van der Waals surface area contributed by atoms with Crippen LogP contribution in [0.5, 0.6) is 5.75 Å². The lowest BCUT2D eigenvalue weighted by atomic mass is 9.99. The lowest BCUT2D eigenvalue weighted by molar-refractivity contribution is -0.130. The van der Waals surface area contributed by atoms with Crippen molar-refractivity contribution < 1.29 is 14.3 Å². The van der Waals surface area contributed by atoms with Gasteiger partial charge < -0.3 is 10.1 Å². The highest BCUT2D eigenvalue weighted by Crippen LogP contribution is 2.33. The van der Waals surface area contributed by atoms with E-state index in [9.17, 15) is 9.59 Å². The predicted octanol–water partition coefficient (Wildman–Crippen LogP) is 1.80. The molecule has 0 saturated carbocycles. The molecule has 0 bridgehead atoms. The summed E-state index contributed by atoms with van der Waals surface area (Å²) in [4.78, 5) is 25.6. The summed E-state index contributed by atoms with van der Waals surface area (Å²) < 4.78 is 5.59. The zero-order valence-corrected chi connectivity index (χ0v) is 12.7. The molecule has 2 saturated heterocycles. The number of imide groups is 1. The Morgan fingerprint density at radius 2 is 2.10 bits per heavy atom. The Hall–Kier alpha value is -1.69. The summed E-state index contributed by atoms with van der Waals surface area (Å²) in [6, 6.07) is 7.41. The molecule has 2 aliphatic heterocycles. The van der Waals surface area contributed by atoms with Gasteiger partial charge >= 0.3 is 6.03 Å². The zero-order chi connectivity index (χ0) is 14.9. The van der Waals surface area contributed by atoms with Crippen LogP contribution >= 0.6 is 11.8 Å². The highest BCUT2D eigenvalue weighted by Gasteiger charge is 2.52. The van der Waals surface area contributed by atoms with E-state index in [-0.39, 0.29) is 18.5 Å². The van der Waals surface area contributed by atoms with E-state index in [2.05, 4.69) is 5.32 Å². The third kappa shape index (κ3) is 2.72. The van der Waals surface area contributed by atoms with Gasteiger partial charge in [-0.2, -0.15) is 11.8 Å². The van der Waals surface area contributed by atoms with Gasteiger partial charge in [-0.15, -0.1) is 0 Å². The molecule has 1 N–H and O–H groups in total. The number of hydrogen-bond acceptors (Lipinski definition) is 4. The van der Waals surface area contributed by atoms with Crippen LogP contribution in [0.1, 0.15) is 12.0 Å². The molecule has 0 aromatic heterocycles. The number of urea groups is 1. The highest BCUT2D eigenvalue weighted by molar-refractivity contribution is 7.99. The summed E-state index contributed by atoms with van der Waals surface area (Å²) in [6.07, 6.45) is 0.720. The Morgan fingerprint density at radius 1 is 1.33 bits per heavy atom. The van der Waals surface area contributed by atoms with Crippen molar-refractivity contribution in [1.29, 1.82) is 0 Å². The Labute approximate surface area is 128 Å². The second kappa shape index (κ2) is 5.60. The quantitative estimate of drug-likeness (QED) is 0.862. The van der Waals surface area contributed by atoms with E-state index in [1.165, 1.54) is 4.90 Å². The van der Waals surface area contributed by atoms with Gasteiger partial charge in [0.1, 0.15) is 17.9 Å². The molecule has 2 fully saturated rings. The molecule has 2 heterocycles. The number of nitrogens with zero attached hydrogens (tertiary/aromatic N) is 1. The molecule has 1 aromatic carbocycles. The van der Waals surface area contributed by atoms with E-state index in [0.717, 1.165) is 23.5 Å². The Bertz CT molecular complexity index is 553. The first-order chi connectivity index (χ1) is 10.1. The molecule has 0 radical (unpaired) electrons. The van der Waals surface area contributed by atoms with E-state index >= 15 is 0 Å². The summed E-state index contributed by atoms with van der Waals surface area (Å²) in [7, 11) is 0. The fourth-order valence-corrected chi connectivity index (χ4v) is 3.93. The van der Waals surface area contributed by atoms with Crippen molar-refractivity contribution in [1.82, 2.24) is 10.2 Å². The predicted molar refractivity (Wildman–Crippen MR) is 81.6 cm³/mol. The van der Waals surface area contributed by atoms with Crippen LogP contribution < -0.4 is 10.1 Å². The first-order valence-electron chi connectivity index (χ1n) is 7.02. The van der Waals surface area contributed by atoms with Crippen molar-refractivity contribution >= 4 is 23.7 Å². The molecule has 6 heteroatoms. The van der Waals surface area contributed by atoms with E-state index in [1.54, 1.807) is 11.8 Å². The number of carbonyl (C=O) groups is 2. The molecule has 1 aromatic rings. The number of nitrogens with one attached hydrogen (secondary N) is 1. The summed E-state index contributed by atoms with van der Waals surface area (Å²) in [5, 5.41) is 2.85. The Kier molecular flexibility index (Phi) is 3.80. The maximum Gasteiger partial charge on any atom is 0.325 e. The van der Waals surface area contributed by atoms with Gasteiger partial charge in [0.05, 0.1) is 6.54 Å². The number of carbonyl (C=O) groups excluding carboxylic acids is 2.